The molecule has 4 heterocycles. The smallest absolute Gasteiger partial charge is 0.276 e. The first-order valence-electron chi connectivity index (χ1n) is 9.35. The molecule has 0 bridgehead atoms. The average Bonchev–Trinajstić information content (AvgIpc) is 3.31. The van der Waals surface area contributed by atoms with Gasteiger partial charge in [-0.3, -0.25) is 0 Å². The zero-order chi connectivity index (χ0) is 19.1. The van der Waals surface area contributed by atoms with E-state index < -0.39 is 0 Å². The number of thiophene rings is 1. The quantitative estimate of drug-likeness (QED) is 0.551. The summed E-state index contributed by atoms with van der Waals surface area (Å²) in [6, 6.07) is 10.3. The van der Waals surface area contributed by atoms with Crippen molar-refractivity contribution in [2.24, 2.45) is 0 Å². The van der Waals surface area contributed by atoms with Gasteiger partial charge in [0.05, 0.1) is 12.0 Å². The Kier molecular flexibility index (Phi) is 4.42. The Morgan fingerprint density at radius 3 is 2.93 bits per heavy atom. The molecule has 0 spiro atoms. The second-order valence-corrected chi connectivity index (χ2v) is 8.21. The molecule has 0 saturated carbocycles. The Hall–Kier alpha value is -2.62. The van der Waals surface area contributed by atoms with Gasteiger partial charge in [-0.05, 0) is 35.0 Å². The normalized spacial score (nSPS) is 14.6. The summed E-state index contributed by atoms with van der Waals surface area (Å²) in [5.74, 6) is 1.35. The first kappa shape index (κ1) is 17.5. The maximum Gasteiger partial charge on any atom is 0.276 e. The van der Waals surface area contributed by atoms with Gasteiger partial charge < -0.3 is 14.9 Å². The van der Waals surface area contributed by atoms with Crippen molar-refractivity contribution in [2.45, 2.75) is 19.5 Å². The highest BCUT2D eigenvalue weighted by Gasteiger charge is 2.26. The van der Waals surface area contributed by atoms with E-state index in [1.54, 1.807) is 15.9 Å². The van der Waals surface area contributed by atoms with Gasteiger partial charge in [-0.15, -0.1) is 11.3 Å². The van der Waals surface area contributed by atoms with E-state index in [9.17, 15) is 5.11 Å². The highest BCUT2D eigenvalue weighted by atomic mass is 32.1. The van der Waals surface area contributed by atoms with E-state index in [-0.39, 0.29) is 6.61 Å². The van der Waals surface area contributed by atoms with Crippen molar-refractivity contribution < 1.29 is 5.11 Å². The van der Waals surface area contributed by atoms with Crippen LogP contribution in [0.3, 0.4) is 0 Å². The zero-order valence-corrected chi connectivity index (χ0v) is 16.4. The molecular formula is C19H21N7OS. The van der Waals surface area contributed by atoms with Crippen LogP contribution in [0.4, 0.5) is 5.82 Å². The fraction of sp³-hybridized carbons (Fsp3) is 0.368. The molecule has 9 heteroatoms. The molecule has 0 atom stereocenters. The Labute approximate surface area is 166 Å². The maximum absolute atomic E-state index is 9.73. The number of aliphatic hydroxyl groups is 1. The number of rotatable bonds is 5. The number of tetrazole rings is 1. The fourth-order valence-electron chi connectivity index (χ4n) is 3.84. The third-order valence-electron chi connectivity index (χ3n) is 5.19. The van der Waals surface area contributed by atoms with Gasteiger partial charge in [0.1, 0.15) is 10.6 Å². The molecule has 5 rings (SSSR count). The lowest BCUT2D eigenvalue weighted by Crippen LogP contribution is -2.28. The molecule has 1 aromatic carbocycles. The third kappa shape index (κ3) is 2.92. The van der Waals surface area contributed by atoms with Crippen LogP contribution in [0.5, 0.6) is 0 Å². The van der Waals surface area contributed by atoms with Crippen molar-refractivity contribution in [3.8, 4) is 0 Å². The lowest BCUT2D eigenvalue weighted by atomic mass is 10.0. The summed E-state index contributed by atoms with van der Waals surface area (Å²) in [5.41, 5.74) is 2.52. The van der Waals surface area contributed by atoms with Gasteiger partial charge >= 0.3 is 0 Å². The minimum absolute atomic E-state index is 0.0567. The van der Waals surface area contributed by atoms with E-state index in [1.807, 2.05) is 18.2 Å². The molecule has 1 aliphatic rings. The number of hydrogen-bond acceptors (Lipinski definition) is 8. The van der Waals surface area contributed by atoms with Crippen molar-refractivity contribution in [3.05, 3.63) is 46.3 Å². The minimum Gasteiger partial charge on any atom is -0.395 e. The topological polar surface area (TPSA) is 82.7 Å². The molecule has 0 amide bonds. The monoisotopic (exact) mass is 395 g/mol. The molecule has 3 aromatic heterocycles. The second-order valence-electron chi connectivity index (χ2n) is 7.13. The van der Waals surface area contributed by atoms with Crippen molar-refractivity contribution >= 4 is 33.1 Å². The molecule has 144 valence electrons. The maximum atomic E-state index is 9.73. The lowest BCUT2D eigenvalue weighted by molar-refractivity contribution is 0.301. The second kappa shape index (κ2) is 7.08. The Bertz CT molecular complexity index is 1120. The van der Waals surface area contributed by atoms with Gasteiger partial charge in [0, 0.05) is 31.1 Å². The van der Waals surface area contributed by atoms with Crippen LogP contribution in [0.15, 0.2) is 30.3 Å². The summed E-state index contributed by atoms with van der Waals surface area (Å²) < 4.78 is 1.74. The first-order chi connectivity index (χ1) is 13.7. The summed E-state index contributed by atoms with van der Waals surface area (Å²) in [6.45, 7) is 3.17. The number of benzene rings is 1. The fourth-order valence-corrected chi connectivity index (χ4v) is 5.21. The molecule has 0 unspecified atom stereocenters. The van der Waals surface area contributed by atoms with Crippen molar-refractivity contribution in [3.63, 3.8) is 0 Å². The van der Waals surface area contributed by atoms with Crippen LogP contribution in [0.2, 0.25) is 0 Å². The number of aliphatic hydroxyl groups excluding tert-OH is 1. The van der Waals surface area contributed by atoms with Crippen molar-refractivity contribution in [1.82, 2.24) is 29.9 Å². The van der Waals surface area contributed by atoms with E-state index >= 15 is 0 Å². The average molecular weight is 395 g/mol. The minimum atomic E-state index is 0.0567. The molecule has 8 nitrogen and oxygen atoms in total. The first-order valence-corrected chi connectivity index (χ1v) is 10.2. The number of fused-ring (bicyclic) bond motifs is 5. The van der Waals surface area contributed by atoms with E-state index in [2.05, 4.69) is 44.5 Å². The molecule has 0 radical (unpaired) electrons. The van der Waals surface area contributed by atoms with E-state index in [0.29, 0.717) is 18.9 Å². The van der Waals surface area contributed by atoms with Gasteiger partial charge in [0.15, 0.2) is 0 Å². The summed E-state index contributed by atoms with van der Waals surface area (Å²) in [4.78, 5) is 11.7. The number of anilines is 1. The molecule has 1 aliphatic heterocycles. The van der Waals surface area contributed by atoms with E-state index in [4.69, 9.17) is 4.98 Å². The van der Waals surface area contributed by atoms with Crippen LogP contribution in [-0.4, -0.2) is 61.8 Å². The van der Waals surface area contributed by atoms with Gasteiger partial charge in [-0.25, -0.2) is 0 Å². The van der Waals surface area contributed by atoms with E-state index in [1.165, 1.54) is 16.0 Å². The van der Waals surface area contributed by atoms with Gasteiger partial charge in [0.25, 0.3) is 5.78 Å². The number of hydrogen-bond donors (Lipinski definition) is 1. The number of likely N-dealkylation sites (N-methyl/N-ethyl adjacent to an activating group) is 1. The highest BCUT2D eigenvalue weighted by Crippen LogP contribution is 2.39. The summed E-state index contributed by atoms with van der Waals surface area (Å²) in [6.07, 6.45) is 0.979. The van der Waals surface area contributed by atoms with Crippen LogP contribution < -0.4 is 4.90 Å². The molecule has 1 N–H and O–H groups in total. The summed E-state index contributed by atoms with van der Waals surface area (Å²) >= 11 is 1.74. The SMILES string of the molecule is CN1CCc2c(sc3c2c(N(CCO)Cc2ccccc2)nc2nnnn23)C1. The molecule has 0 fully saturated rings. The molecule has 28 heavy (non-hydrogen) atoms. The highest BCUT2D eigenvalue weighted by molar-refractivity contribution is 7.19. The van der Waals surface area contributed by atoms with Gasteiger partial charge in [-0.2, -0.15) is 9.50 Å². The van der Waals surface area contributed by atoms with E-state index in [0.717, 1.165) is 35.5 Å². The van der Waals surface area contributed by atoms with Crippen molar-refractivity contribution in [2.75, 3.05) is 31.6 Å². The Morgan fingerprint density at radius 1 is 1.25 bits per heavy atom. The molecule has 0 aliphatic carbocycles. The van der Waals surface area contributed by atoms with Crippen LogP contribution in [0, 0.1) is 0 Å². The van der Waals surface area contributed by atoms with Crippen molar-refractivity contribution in [1.29, 1.82) is 0 Å². The van der Waals surface area contributed by atoms with Crippen LogP contribution in [0.25, 0.3) is 16.0 Å². The summed E-state index contributed by atoms with van der Waals surface area (Å²) in [5, 5.41) is 22.9. The van der Waals surface area contributed by atoms with Gasteiger partial charge in [0.2, 0.25) is 0 Å². The van der Waals surface area contributed by atoms with Crippen LogP contribution in [0.1, 0.15) is 16.0 Å². The molecule has 0 saturated heterocycles. The predicted molar refractivity (Wildman–Crippen MR) is 109 cm³/mol. The lowest BCUT2D eigenvalue weighted by Gasteiger charge is -2.26. The third-order valence-corrected chi connectivity index (χ3v) is 6.38. The van der Waals surface area contributed by atoms with Crippen LogP contribution >= 0.6 is 11.3 Å². The molecular weight excluding hydrogens is 374 g/mol. The Balaban J connectivity index is 1.71. The number of aromatic nitrogens is 5. The largest absolute Gasteiger partial charge is 0.395 e. The van der Waals surface area contributed by atoms with Gasteiger partial charge in [-0.1, -0.05) is 35.4 Å². The molecule has 4 aromatic rings. The standard InChI is InChI=1S/C19H21N7OS/c1-24-8-7-14-15(12-24)28-18-16(14)17(20-19-21-22-23-26(18)19)25(9-10-27)11-13-5-3-2-4-6-13/h2-6,27H,7-12H2,1H3. The Morgan fingerprint density at radius 2 is 2.11 bits per heavy atom. The van der Waals surface area contributed by atoms with Crippen LogP contribution in [-0.2, 0) is 19.5 Å². The zero-order valence-electron chi connectivity index (χ0n) is 15.6. The number of nitrogens with zero attached hydrogens (tertiary/aromatic N) is 7. The predicted octanol–water partition coefficient (Wildman–Crippen LogP) is 1.72. The summed E-state index contributed by atoms with van der Waals surface area (Å²) in [7, 11) is 2.15.